The van der Waals surface area contributed by atoms with Gasteiger partial charge in [0.15, 0.2) is 0 Å². The molecular formula is C34H26N2O3. The molecule has 0 atom stereocenters. The number of nitriles is 1. The molecular weight excluding hydrogens is 484 g/mol. The molecule has 0 radical (unpaired) electrons. The first-order valence-electron chi connectivity index (χ1n) is 12.6. The topological polar surface area (TPSA) is 71.3 Å². The van der Waals surface area contributed by atoms with Crippen molar-refractivity contribution in [2.24, 2.45) is 0 Å². The Bertz CT molecular complexity index is 1640. The van der Waals surface area contributed by atoms with Gasteiger partial charge in [0, 0.05) is 11.3 Å². The molecule has 0 unspecified atom stereocenters. The van der Waals surface area contributed by atoms with Gasteiger partial charge in [-0.05, 0) is 58.3 Å². The van der Waals surface area contributed by atoms with E-state index in [2.05, 4.69) is 11.4 Å². The molecule has 5 nitrogen and oxygen atoms in total. The molecule has 0 aliphatic heterocycles. The molecule has 5 rings (SSSR count). The monoisotopic (exact) mass is 510 g/mol. The van der Waals surface area contributed by atoms with Gasteiger partial charge in [-0.1, -0.05) is 91.0 Å². The summed E-state index contributed by atoms with van der Waals surface area (Å²) < 4.78 is 12.0. The van der Waals surface area contributed by atoms with E-state index in [9.17, 15) is 10.1 Å². The standard InChI is InChI=1S/C34H26N2O3/c35-22-28(34(37)36-29-16-18-30(19-17-29)38-23-25-9-3-1-4-10-25)21-32-31-14-8-7-13-27(31)15-20-33(32)39-24-26-11-5-2-6-12-26/h1-21H,23-24H2,(H,36,37)/b28-21+. The Labute approximate surface area is 227 Å². The fourth-order valence-electron chi connectivity index (χ4n) is 4.15. The Morgan fingerprint density at radius 1 is 0.718 bits per heavy atom. The number of hydrogen-bond acceptors (Lipinski definition) is 4. The van der Waals surface area contributed by atoms with Crippen LogP contribution >= 0.6 is 0 Å². The highest BCUT2D eigenvalue weighted by atomic mass is 16.5. The first kappa shape index (κ1) is 25.3. The van der Waals surface area contributed by atoms with Crippen LogP contribution in [0.4, 0.5) is 5.69 Å². The summed E-state index contributed by atoms with van der Waals surface area (Å²) in [5.41, 5.74) is 3.31. The zero-order valence-electron chi connectivity index (χ0n) is 21.2. The number of carbonyl (C=O) groups excluding carboxylic acids is 1. The van der Waals surface area contributed by atoms with Crippen molar-refractivity contribution >= 4 is 28.4 Å². The van der Waals surface area contributed by atoms with E-state index in [0.717, 1.165) is 21.9 Å². The molecule has 0 aromatic heterocycles. The van der Waals surface area contributed by atoms with Crippen molar-refractivity contribution in [3.8, 4) is 17.6 Å². The molecule has 0 saturated carbocycles. The molecule has 0 spiro atoms. The van der Waals surface area contributed by atoms with Crippen molar-refractivity contribution < 1.29 is 14.3 Å². The lowest BCUT2D eigenvalue weighted by Crippen LogP contribution is -2.13. The normalized spacial score (nSPS) is 11.0. The molecule has 5 aromatic rings. The Kier molecular flexibility index (Phi) is 7.96. The van der Waals surface area contributed by atoms with Crippen molar-refractivity contribution in [1.82, 2.24) is 0 Å². The Morgan fingerprint density at radius 3 is 2.00 bits per heavy atom. The van der Waals surface area contributed by atoms with Gasteiger partial charge < -0.3 is 14.8 Å². The maximum absolute atomic E-state index is 13.1. The second-order valence-corrected chi connectivity index (χ2v) is 8.90. The lowest BCUT2D eigenvalue weighted by molar-refractivity contribution is -0.112. The van der Waals surface area contributed by atoms with Gasteiger partial charge in [0.1, 0.15) is 36.4 Å². The van der Waals surface area contributed by atoms with Crippen LogP contribution < -0.4 is 14.8 Å². The van der Waals surface area contributed by atoms with E-state index < -0.39 is 5.91 Å². The van der Waals surface area contributed by atoms with Crippen LogP contribution in [0.5, 0.6) is 11.5 Å². The quantitative estimate of drug-likeness (QED) is 0.164. The highest BCUT2D eigenvalue weighted by Crippen LogP contribution is 2.31. The summed E-state index contributed by atoms with van der Waals surface area (Å²) in [6, 6.07) is 40.5. The summed E-state index contributed by atoms with van der Waals surface area (Å²) in [6.45, 7) is 0.820. The van der Waals surface area contributed by atoms with E-state index in [4.69, 9.17) is 9.47 Å². The highest BCUT2D eigenvalue weighted by Gasteiger charge is 2.14. The third-order valence-corrected chi connectivity index (χ3v) is 6.18. The molecule has 0 aliphatic rings. The summed E-state index contributed by atoms with van der Waals surface area (Å²) in [4.78, 5) is 13.1. The summed E-state index contributed by atoms with van der Waals surface area (Å²) >= 11 is 0. The first-order chi connectivity index (χ1) is 19.2. The van der Waals surface area contributed by atoms with Gasteiger partial charge in [-0.15, -0.1) is 0 Å². The SMILES string of the molecule is N#C/C(=C\c1c(OCc2ccccc2)ccc2ccccc12)C(=O)Nc1ccc(OCc2ccccc2)cc1. The number of anilines is 1. The third kappa shape index (κ3) is 6.51. The summed E-state index contributed by atoms with van der Waals surface area (Å²) in [5, 5.41) is 14.6. The molecule has 5 aromatic carbocycles. The summed E-state index contributed by atoms with van der Waals surface area (Å²) in [5.74, 6) is 0.777. The average Bonchev–Trinajstić information content (AvgIpc) is 2.99. The number of benzene rings is 5. The molecule has 0 heterocycles. The average molecular weight is 511 g/mol. The molecule has 1 amide bonds. The number of ether oxygens (including phenoxy) is 2. The van der Waals surface area contributed by atoms with Crippen LogP contribution in [0, 0.1) is 11.3 Å². The molecule has 0 fully saturated rings. The van der Waals surface area contributed by atoms with Crippen molar-refractivity contribution in [1.29, 1.82) is 5.26 Å². The van der Waals surface area contributed by atoms with Gasteiger partial charge in [-0.3, -0.25) is 4.79 Å². The number of hydrogen-bond donors (Lipinski definition) is 1. The smallest absolute Gasteiger partial charge is 0.266 e. The number of rotatable bonds is 9. The lowest BCUT2D eigenvalue weighted by Gasteiger charge is -2.13. The first-order valence-corrected chi connectivity index (χ1v) is 12.6. The second kappa shape index (κ2) is 12.3. The summed E-state index contributed by atoms with van der Waals surface area (Å²) in [6.07, 6.45) is 1.59. The van der Waals surface area contributed by atoms with Crippen LogP contribution in [0.25, 0.3) is 16.8 Å². The molecule has 0 saturated heterocycles. The Morgan fingerprint density at radius 2 is 1.33 bits per heavy atom. The molecule has 39 heavy (non-hydrogen) atoms. The van der Waals surface area contributed by atoms with Gasteiger partial charge in [0.05, 0.1) is 0 Å². The fourth-order valence-corrected chi connectivity index (χ4v) is 4.15. The van der Waals surface area contributed by atoms with Crippen LogP contribution in [0.15, 0.2) is 127 Å². The highest BCUT2D eigenvalue weighted by molar-refractivity contribution is 6.11. The minimum Gasteiger partial charge on any atom is -0.489 e. The number of amides is 1. The number of nitrogens with zero attached hydrogens (tertiary/aromatic N) is 1. The van der Waals surface area contributed by atoms with Crippen LogP contribution in [0.1, 0.15) is 16.7 Å². The van der Waals surface area contributed by atoms with E-state index in [-0.39, 0.29) is 5.57 Å². The fraction of sp³-hybridized carbons (Fsp3) is 0.0588. The van der Waals surface area contributed by atoms with Gasteiger partial charge in [-0.25, -0.2) is 0 Å². The van der Waals surface area contributed by atoms with E-state index in [0.29, 0.717) is 36.0 Å². The minimum absolute atomic E-state index is 0.0275. The predicted octanol–water partition coefficient (Wildman–Crippen LogP) is 7.54. The van der Waals surface area contributed by atoms with E-state index >= 15 is 0 Å². The van der Waals surface area contributed by atoms with Crippen molar-refractivity contribution in [3.63, 3.8) is 0 Å². The molecule has 0 bridgehead atoms. The maximum Gasteiger partial charge on any atom is 0.266 e. The van der Waals surface area contributed by atoms with Crippen LogP contribution in [-0.4, -0.2) is 5.91 Å². The van der Waals surface area contributed by atoms with Gasteiger partial charge in [-0.2, -0.15) is 5.26 Å². The minimum atomic E-state index is -0.502. The number of nitrogens with one attached hydrogen (secondary N) is 1. The maximum atomic E-state index is 13.1. The molecule has 5 heteroatoms. The van der Waals surface area contributed by atoms with Gasteiger partial charge >= 0.3 is 0 Å². The van der Waals surface area contributed by atoms with Gasteiger partial charge in [0.25, 0.3) is 5.91 Å². The molecule has 190 valence electrons. The van der Waals surface area contributed by atoms with E-state index in [1.807, 2.05) is 97.1 Å². The number of fused-ring (bicyclic) bond motifs is 1. The lowest BCUT2D eigenvalue weighted by atomic mass is 10.0. The zero-order chi connectivity index (χ0) is 26.9. The van der Waals surface area contributed by atoms with Crippen molar-refractivity contribution in [2.45, 2.75) is 13.2 Å². The Hall–Kier alpha value is -5.34. The van der Waals surface area contributed by atoms with E-state index in [1.54, 1.807) is 30.3 Å². The third-order valence-electron chi connectivity index (χ3n) is 6.18. The number of carbonyl (C=O) groups is 1. The van der Waals surface area contributed by atoms with Crippen molar-refractivity contribution in [2.75, 3.05) is 5.32 Å². The van der Waals surface area contributed by atoms with Gasteiger partial charge in [0.2, 0.25) is 0 Å². The zero-order valence-corrected chi connectivity index (χ0v) is 21.2. The largest absolute Gasteiger partial charge is 0.489 e. The summed E-state index contributed by atoms with van der Waals surface area (Å²) in [7, 11) is 0. The van der Waals surface area contributed by atoms with Crippen LogP contribution in [0.3, 0.4) is 0 Å². The van der Waals surface area contributed by atoms with E-state index in [1.165, 1.54) is 0 Å². The van der Waals surface area contributed by atoms with Crippen LogP contribution in [0.2, 0.25) is 0 Å². The van der Waals surface area contributed by atoms with Crippen LogP contribution in [-0.2, 0) is 18.0 Å². The molecule has 0 aliphatic carbocycles. The van der Waals surface area contributed by atoms with Crippen molar-refractivity contribution in [3.05, 3.63) is 144 Å². The second-order valence-electron chi connectivity index (χ2n) is 8.90. The predicted molar refractivity (Wildman–Crippen MR) is 154 cm³/mol. The molecule has 1 N–H and O–H groups in total. The Balaban J connectivity index is 1.34.